The second-order valence-electron chi connectivity index (χ2n) is 7.25. The highest BCUT2D eigenvalue weighted by Gasteiger charge is 2.39. The number of nitrogens with one attached hydrogen (secondary N) is 2. The minimum absolute atomic E-state index is 0.0607. The van der Waals surface area contributed by atoms with Crippen molar-refractivity contribution >= 4 is 33.4 Å². The molecule has 2 rings (SSSR count). The van der Waals surface area contributed by atoms with E-state index in [1.54, 1.807) is 4.90 Å². The number of carbonyl (C=O) groups excluding carboxylic acids is 3. The minimum atomic E-state index is -3.91. The Labute approximate surface area is 153 Å². The highest BCUT2D eigenvalue weighted by Crippen LogP contribution is 2.26. The van der Waals surface area contributed by atoms with Crippen molar-refractivity contribution in [2.24, 2.45) is 5.92 Å². The third-order valence-electron chi connectivity index (χ3n) is 4.02. The molecule has 26 heavy (non-hydrogen) atoms. The fourth-order valence-electron chi connectivity index (χ4n) is 2.74. The Morgan fingerprint density at radius 2 is 1.73 bits per heavy atom. The second kappa shape index (κ2) is 7.06. The summed E-state index contributed by atoms with van der Waals surface area (Å²) in [7, 11) is -3.91. The van der Waals surface area contributed by atoms with E-state index in [-0.39, 0.29) is 28.7 Å². The van der Waals surface area contributed by atoms with Gasteiger partial charge in [-0.05, 0) is 45.0 Å². The Bertz CT molecular complexity index is 825. The molecule has 3 amide bonds. The van der Waals surface area contributed by atoms with Crippen LogP contribution in [-0.2, 0) is 24.4 Å². The molecule has 2 N–H and O–H groups in total. The first kappa shape index (κ1) is 19.9. The molecule has 0 radical (unpaired) electrons. The van der Waals surface area contributed by atoms with E-state index in [4.69, 9.17) is 0 Å². The predicted molar refractivity (Wildman–Crippen MR) is 95.6 cm³/mol. The Hall–Kier alpha value is -2.42. The van der Waals surface area contributed by atoms with Crippen molar-refractivity contribution in [2.45, 2.75) is 44.6 Å². The van der Waals surface area contributed by atoms with Crippen LogP contribution in [-0.4, -0.2) is 43.1 Å². The van der Waals surface area contributed by atoms with E-state index in [9.17, 15) is 22.8 Å². The number of likely N-dealkylation sites (tertiary alicyclic amines) is 1. The Morgan fingerprint density at radius 3 is 2.19 bits per heavy atom. The number of rotatable bonds is 4. The van der Waals surface area contributed by atoms with Crippen molar-refractivity contribution in [1.29, 1.82) is 0 Å². The lowest BCUT2D eigenvalue weighted by molar-refractivity contribution is -0.131. The van der Waals surface area contributed by atoms with Gasteiger partial charge in [0.1, 0.15) is 0 Å². The molecule has 1 saturated heterocycles. The van der Waals surface area contributed by atoms with Crippen LogP contribution in [0.3, 0.4) is 0 Å². The van der Waals surface area contributed by atoms with Crippen LogP contribution in [0.4, 0.5) is 5.69 Å². The third-order valence-corrected chi connectivity index (χ3v) is 5.46. The van der Waals surface area contributed by atoms with Crippen LogP contribution in [0.15, 0.2) is 29.2 Å². The van der Waals surface area contributed by atoms with Gasteiger partial charge in [-0.2, -0.15) is 0 Å². The van der Waals surface area contributed by atoms with Gasteiger partial charge in [0.25, 0.3) is 10.0 Å². The summed E-state index contributed by atoms with van der Waals surface area (Å²) in [6, 6.07) is 5.46. The highest BCUT2D eigenvalue weighted by atomic mass is 32.2. The molecule has 0 aliphatic carbocycles. The van der Waals surface area contributed by atoms with E-state index in [2.05, 4.69) is 5.32 Å². The number of hydrogen-bond acceptors (Lipinski definition) is 5. The molecule has 1 aromatic rings. The van der Waals surface area contributed by atoms with Gasteiger partial charge in [-0.3, -0.25) is 14.4 Å². The van der Waals surface area contributed by atoms with E-state index in [0.717, 1.165) is 6.92 Å². The Kier molecular flexibility index (Phi) is 5.41. The number of nitrogens with zero attached hydrogens (tertiary/aromatic N) is 1. The lowest BCUT2D eigenvalue weighted by Crippen LogP contribution is -2.42. The average Bonchev–Trinajstić information content (AvgIpc) is 2.89. The fourth-order valence-corrected chi connectivity index (χ4v) is 3.73. The fraction of sp³-hybridized carbons (Fsp3) is 0.471. The van der Waals surface area contributed by atoms with Crippen molar-refractivity contribution < 1.29 is 22.8 Å². The van der Waals surface area contributed by atoms with Gasteiger partial charge in [-0.25, -0.2) is 13.1 Å². The van der Waals surface area contributed by atoms with Gasteiger partial charge in [0.15, 0.2) is 0 Å². The van der Waals surface area contributed by atoms with Gasteiger partial charge < -0.3 is 10.2 Å². The number of anilines is 1. The quantitative estimate of drug-likeness (QED) is 0.811. The van der Waals surface area contributed by atoms with Crippen LogP contribution in [0.5, 0.6) is 0 Å². The standard InChI is InChI=1S/C17H23N3O5S/c1-11(21)19-26(24,25)14-7-5-13(6-8-14)18-16(23)12-9-15(22)20(10-12)17(2,3)4/h5-8,12H,9-10H2,1-4H3,(H,18,23)(H,19,21)/t12-/m1/s1. The summed E-state index contributed by atoms with van der Waals surface area (Å²) >= 11 is 0. The van der Waals surface area contributed by atoms with Crippen molar-refractivity contribution in [1.82, 2.24) is 9.62 Å². The van der Waals surface area contributed by atoms with Gasteiger partial charge >= 0.3 is 0 Å². The van der Waals surface area contributed by atoms with Crippen molar-refractivity contribution in [2.75, 3.05) is 11.9 Å². The maximum Gasteiger partial charge on any atom is 0.264 e. The molecule has 0 saturated carbocycles. The monoisotopic (exact) mass is 381 g/mol. The first-order chi connectivity index (χ1) is 11.9. The molecule has 9 heteroatoms. The van der Waals surface area contributed by atoms with Crippen LogP contribution in [0.2, 0.25) is 0 Å². The van der Waals surface area contributed by atoms with E-state index in [1.165, 1.54) is 24.3 Å². The smallest absolute Gasteiger partial charge is 0.264 e. The van der Waals surface area contributed by atoms with Crippen LogP contribution >= 0.6 is 0 Å². The molecule has 0 aromatic heterocycles. The van der Waals surface area contributed by atoms with Crippen LogP contribution < -0.4 is 10.0 Å². The molecule has 1 fully saturated rings. The summed E-state index contributed by atoms with van der Waals surface area (Å²) in [6.45, 7) is 7.21. The van der Waals surface area contributed by atoms with Crippen LogP contribution in [0.1, 0.15) is 34.1 Å². The minimum Gasteiger partial charge on any atom is -0.337 e. The molecular weight excluding hydrogens is 358 g/mol. The Balaban J connectivity index is 2.05. The zero-order valence-corrected chi connectivity index (χ0v) is 16.0. The normalized spacial score (nSPS) is 17.9. The van der Waals surface area contributed by atoms with Crippen molar-refractivity contribution in [3.63, 3.8) is 0 Å². The lowest BCUT2D eigenvalue weighted by Gasteiger charge is -2.31. The topological polar surface area (TPSA) is 113 Å². The lowest BCUT2D eigenvalue weighted by atomic mass is 10.1. The zero-order valence-electron chi connectivity index (χ0n) is 15.2. The van der Waals surface area contributed by atoms with E-state index >= 15 is 0 Å². The summed E-state index contributed by atoms with van der Waals surface area (Å²) in [5.41, 5.74) is 0.0738. The van der Waals surface area contributed by atoms with E-state index in [0.29, 0.717) is 12.2 Å². The van der Waals surface area contributed by atoms with Gasteiger partial charge in [0, 0.05) is 31.1 Å². The average molecular weight is 381 g/mol. The summed E-state index contributed by atoms with van der Waals surface area (Å²) in [4.78, 5) is 37.0. The van der Waals surface area contributed by atoms with Crippen molar-refractivity contribution in [3.8, 4) is 0 Å². The first-order valence-electron chi connectivity index (χ1n) is 8.15. The van der Waals surface area contributed by atoms with E-state index < -0.39 is 21.8 Å². The summed E-state index contributed by atoms with van der Waals surface area (Å²) < 4.78 is 25.6. The maximum absolute atomic E-state index is 12.4. The number of carbonyl (C=O) groups is 3. The number of benzene rings is 1. The molecule has 0 unspecified atom stereocenters. The third kappa shape index (κ3) is 4.60. The largest absolute Gasteiger partial charge is 0.337 e. The van der Waals surface area contributed by atoms with Gasteiger partial charge in [0.2, 0.25) is 17.7 Å². The maximum atomic E-state index is 12.4. The van der Waals surface area contributed by atoms with E-state index in [1.807, 2.05) is 25.5 Å². The zero-order chi connectivity index (χ0) is 19.7. The number of sulfonamides is 1. The van der Waals surface area contributed by atoms with Crippen LogP contribution in [0.25, 0.3) is 0 Å². The molecular formula is C17H23N3O5S. The molecule has 8 nitrogen and oxygen atoms in total. The Morgan fingerprint density at radius 1 is 1.15 bits per heavy atom. The molecule has 142 valence electrons. The van der Waals surface area contributed by atoms with Gasteiger partial charge in [-0.15, -0.1) is 0 Å². The van der Waals surface area contributed by atoms with Crippen molar-refractivity contribution in [3.05, 3.63) is 24.3 Å². The summed E-state index contributed by atoms with van der Waals surface area (Å²) in [5.74, 6) is -1.49. The summed E-state index contributed by atoms with van der Waals surface area (Å²) in [6.07, 6.45) is 0.151. The molecule has 1 heterocycles. The second-order valence-corrected chi connectivity index (χ2v) is 8.93. The predicted octanol–water partition coefficient (Wildman–Crippen LogP) is 1.10. The van der Waals surface area contributed by atoms with Crippen LogP contribution in [0, 0.1) is 5.92 Å². The first-order valence-corrected chi connectivity index (χ1v) is 9.63. The molecule has 0 bridgehead atoms. The highest BCUT2D eigenvalue weighted by molar-refractivity contribution is 7.90. The number of hydrogen-bond donors (Lipinski definition) is 2. The molecule has 1 atom stereocenters. The molecule has 1 aliphatic heterocycles. The molecule has 0 spiro atoms. The number of amides is 3. The summed E-state index contributed by atoms with van der Waals surface area (Å²) in [5, 5.41) is 2.70. The van der Waals surface area contributed by atoms with Gasteiger partial charge in [-0.1, -0.05) is 0 Å². The van der Waals surface area contributed by atoms with Gasteiger partial charge in [0.05, 0.1) is 10.8 Å². The molecule has 1 aliphatic rings. The SMILES string of the molecule is CC(=O)NS(=O)(=O)c1ccc(NC(=O)[C@@H]2CC(=O)N(C(C)(C)C)C2)cc1. The molecule has 1 aromatic carbocycles.